The lowest BCUT2D eigenvalue weighted by Gasteiger charge is -2.09. The minimum absolute atomic E-state index is 0.277. The van der Waals surface area contributed by atoms with Gasteiger partial charge in [0, 0.05) is 28.7 Å². The molecule has 2 aromatic carbocycles. The first kappa shape index (κ1) is 15.4. The zero-order valence-corrected chi connectivity index (χ0v) is 14.2. The normalized spacial score (nSPS) is 11.1. The summed E-state index contributed by atoms with van der Waals surface area (Å²) in [5, 5.41) is 15.2. The summed E-state index contributed by atoms with van der Waals surface area (Å²) in [6, 6.07) is 17.7. The van der Waals surface area contributed by atoms with Gasteiger partial charge in [0.2, 0.25) is 5.88 Å². The Morgan fingerprint density at radius 1 is 0.852 bits per heavy atom. The highest BCUT2D eigenvalue weighted by Gasteiger charge is 2.16. The lowest BCUT2D eigenvalue weighted by atomic mass is 10.2. The Morgan fingerprint density at radius 3 is 2.48 bits per heavy atom. The summed E-state index contributed by atoms with van der Waals surface area (Å²) in [5.41, 5.74) is 2.36. The summed E-state index contributed by atoms with van der Waals surface area (Å²) in [7, 11) is 0. The van der Waals surface area contributed by atoms with E-state index in [2.05, 4.69) is 25.3 Å². The number of benzene rings is 2. The maximum Gasteiger partial charge on any atom is 0.240 e. The van der Waals surface area contributed by atoms with E-state index >= 15 is 0 Å². The van der Waals surface area contributed by atoms with Crippen LogP contribution >= 0.6 is 0 Å². The molecule has 7 nitrogen and oxygen atoms in total. The van der Waals surface area contributed by atoms with Crippen molar-refractivity contribution in [2.75, 3.05) is 0 Å². The summed E-state index contributed by atoms with van der Waals surface area (Å²) in [6.45, 7) is 0.277. The Hall–Kier alpha value is -3.87. The molecule has 27 heavy (non-hydrogen) atoms. The smallest absolute Gasteiger partial charge is 0.240 e. The maximum absolute atomic E-state index is 5.98. The van der Waals surface area contributed by atoms with Gasteiger partial charge in [0.25, 0.3) is 0 Å². The highest BCUT2D eigenvalue weighted by atomic mass is 16.5. The van der Waals surface area contributed by atoms with Crippen LogP contribution in [0.25, 0.3) is 27.8 Å². The number of fused-ring (bicyclic) bond motifs is 3. The second kappa shape index (κ2) is 6.45. The SMILES string of the molecule is c1ccc(-c2nnc3c4ccccc4c(OCc4cnccn4)nn23)cc1. The summed E-state index contributed by atoms with van der Waals surface area (Å²) in [5.74, 6) is 1.17. The van der Waals surface area contributed by atoms with E-state index in [4.69, 9.17) is 4.74 Å². The first-order chi connectivity index (χ1) is 13.4. The minimum atomic E-state index is 0.277. The van der Waals surface area contributed by atoms with E-state index in [1.165, 1.54) is 0 Å². The van der Waals surface area contributed by atoms with Gasteiger partial charge >= 0.3 is 0 Å². The average molecular weight is 354 g/mol. The standard InChI is InChI=1S/C20H14N6O/c1-2-6-14(7-3-1)18-23-24-19-16-8-4-5-9-17(16)20(25-26(18)19)27-13-15-12-21-10-11-22-15/h1-12H,13H2. The molecule has 0 aliphatic heterocycles. The van der Waals surface area contributed by atoms with Crippen LogP contribution < -0.4 is 4.74 Å². The fourth-order valence-corrected chi connectivity index (χ4v) is 2.97. The summed E-state index contributed by atoms with van der Waals surface area (Å²) in [6.07, 6.45) is 4.95. The van der Waals surface area contributed by atoms with Crippen molar-refractivity contribution in [1.29, 1.82) is 0 Å². The molecule has 0 spiro atoms. The minimum Gasteiger partial charge on any atom is -0.470 e. The molecule has 0 radical (unpaired) electrons. The summed E-state index contributed by atoms with van der Waals surface area (Å²) >= 11 is 0. The molecule has 3 heterocycles. The van der Waals surface area contributed by atoms with Crippen molar-refractivity contribution in [2.45, 2.75) is 6.61 Å². The predicted molar refractivity (Wildman–Crippen MR) is 100 cm³/mol. The van der Waals surface area contributed by atoms with Crippen LogP contribution in [0, 0.1) is 0 Å². The predicted octanol–water partition coefficient (Wildman–Crippen LogP) is 3.31. The topological polar surface area (TPSA) is 78.1 Å². The van der Waals surface area contributed by atoms with Crippen LogP contribution in [0.4, 0.5) is 0 Å². The number of rotatable bonds is 4. The third kappa shape index (κ3) is 2.75. The Labute approximate surface area is 154 Å². The third-order valence-corrected chi connectivity index (χ3v) is 4.24. The molecular formula is C20H14N6O. The van der Waals surface area contributed by atoms with Crippen molar-refractivity contribution < 1.29 is 4.74 Å². The zero-order chi connectivity index (χ0) is 18.1. The molecule has 0 amide bonds. The van der Waals surface area contributed by atoms with Gasteiger partial charge in [0.1, 0.15) is 6.61 Å². The molecule has 7 heteroatoms. The average Bonchev–Trinajstić information content (AvgIpc) is 3.17. The fraction of sp³-hybridized carbons (Fsp3) is 0.0500. The molecule has 3 aromatic heterocycles. The number of hydrogen-bond donors (Lipinski definition) is 0. The van der Waals surface area contributed by atoms with Gasteiger partial charge in [0.05, 0.1) is 11.9 Å². The highest BCUT2D eigenvalue weighted by molar-refractivity contribution is 5.97. The van der Waals surface area contributed by atoms with Crippen LogP contribution in [-0.2, 0) is 6.61 Å². The molecule has 0 aliphatic carbocycles. The number of ether oxygens (including phenoxy) is 1. The van der Waals surface area contributed by atoms with E-state index in [9.17, 15) is 0 Å². The van der Waals surface area contributed by atoms with E-state index in [0.29, 0.717) is 17.4 Å². The third-order valence-electron chi connectivity index (χ3n) is 4.24. The number of aromatic nitrogens is 6. The van der Waals surface area contributed by atoms with Gasteiger partial charge in [-0.05, 0) is 6.07 Å². The van der Waals surface area contributed by atoms with Gasteiger partial charge in [-0.2, -0.15) is 4.52 Å². The molecule has 0 unspecified atom stereocenters. The molecule has 0 saturated carbocycles. The molecule has 5 aromatic rings. The largest absolute Gasteiger partial charge is 0.470 e. The number of hydrogen-bond acceptors (Lipinski definition) is 6. The Balaban J connectivity index is 1.66. The van der Waals surface area contributed by atoms with Crippen molar-refractivity contribution in [3.63, 3.8) is 0 Å². The molecule has 0 bridgehead atoms. The monoisotopic (exact) mass is 354 g/mol. The van der Waals surface area contributed by atoms with E-state index in [1.807, 2.05) is 54.6 Å². The molecule has 0 saturated heterocycles. The van der Waals surface area contributed by atoms with Crippen molar-refractivity contribution in [1.82, 2.24) is 29.8 Å². The second-order valence-corrected chi connectivity index (χ2v) is 5.96. The van der Waals surface area contributed by atoms with E-state index in [0.717, 1.165) is 22.0 Å². The van der Waals surface area contributed by atoms with Crippen molar-refractivity contribution in [2.24, 2.45) is 0 Å². The van der Waals surface area contributed by atoms with Crippen LogP contribution in [-0.4, -0.2) is 29.8 Å². The van der Waals surface area contributed by atoms with Crippen LogP contribution in [0.1, 0.15) is 5.69 Å². The molecule has 5 rings (SSSR count). The Morgan fingerprint density at radius 2 is 1.67 bits per heavy atom. The Bertz CT molecular complexity index is 1220. The van der Waals surface area contributed by atoms with Crippen molar-refractivity contribution >= 4 is 16.4 Å². The lowest BCUT2D eigenvalue weighted by molar-refractivity contribution is 0.288. The molecule has 0 fully saturated rings. The zero-order valence-electron chi connectivity index (χ0n) is 14.2. The maximum atomic E-state index is 5.98. The van der Waals surface area contributed by atoms with E-state index < -0.39 is 0 Å². The summed E-state index contributed by atoms with van der Waals surface area (Å²) in [4.78, 5) is 8.31. The molecule has 0 aliphatic rings. The van der Waals surface area contributed by atoms with Gasteiger partial charge < -0.3 is 4.74 Å². The quantitative estimate of drug-likeness (QED) is 0.493. The first-order valence-electron chi connectivity index (χ1n) is 8.47. The van der Waals surface area contributed by atoms with E-state index in [1.54, 1.807) is 23.1 Å². The van der Waals surface area contributed by atoms with Gasteiger partial charge in [0.15, 0.2) is 11.5 Å². The van der Waals surface area contributed by atoms with Gasteiger partial charge in [-0.25, -0.2) is 0 Å². The van der Waals surface area contributed by atoms with E-state index in [-0.39, 0.29) is 6.61 Å². The molecule has 0 N–H and O–H groups in total. The van der Waals surface area contributed by atoms with Crippen molar-refractivity contribution in [3.8, 4) is 17.3 Å². The van der Waals surface area contributed by atoms with Gasteiger partial charge in [-0.3, -0.25) is 9.97 Å². The first-order valence-corrected chi connectivity index (χ1v) is 8.47. The fourth-order valence-electron chi connectivity index (χ4n) is 2.97. The number of nitrogens with zero attached hydrogens (tertiary/aromatic N) is 6. The molecule has 0 atom stereocenters. The molecular weight excluding hydrogens is 340 g/mol. The Kier molecular flexibility index (Phi) is 3.68. The van der Waals surface area contributed by atoms with Gasteiger partial charge in [-0.15, -0.1) is 15.3 Å². The van der Waals surface area contributed by atoms with Crippen LogP contribution in [0.3, 0.4) is 0 Å². The van der Waals surface area contributed by atoms with Crippen LogP contribution in [0.5, 0.6) is 5.88 Å². The summed E-state index contributed by atoms with van der Waals surface area (Å²) < 4.78 is 7.71. The molecule has 130 valence electrons. The van der Waals surface area contributed by atoms with Crippen LogP contribution in [0.15, 0.2) is 73.2 Å². The second-order valence-electron chi connectivity index (χ2n) is 5.96. The lowest BCUT2D eigenvalue weighted by Crippen LogP contribution is -2.04. The van der Waals surface area contributed by atoms with Crippen LogP contribution in [0.2, 0.25) is 0 Å². The highest BCUT2D eigenvalue weighted by Crippen LogP contribution is 2.29. The van der Waals surface area contributed by atoms with Crippen molar-refractivity contribution in [3.05, 3.63) is 78.9 Å². The van der Waals surface area contributed by atoms with Gasteiger partial charge in [-0.1, -0.05) is 48.5 Å².